The lowest BCUT2D eigenvalue weighted by molar-refractivity contribution is -0.123. The minimum Gasteiger partial charge on any atom is -0.484 e. The average molecular weight is 365 g/mol. The van der Waals surface area contributed by atoms with Crippen molar-refractivity contribution in [3.05, 3.63) is 59.2 Å². The lowest BCUT2D eigenvalue weighted by atomic mass is 10.1. The highest BCUT2D eigenvalue weighted by atomic mass is 16.5. The van der Waals surface area contributed by atoms with Crippen LogP contribution in [0.4, 0.5) is 5.69 Å². The van der Waals surface area contributed by atoms with Crippen molar-refractivity contribution in [3.63, 3.8) is 0 Å². The molecule has 1 heterocycles. The number of hydrazone groups is 1. The van der Waals surface area contributed by atoms with Crippen molar-refractivity contribution in [1.29, 1.82) is 0 Å². The van der Waals surface area contributed by atoms with Crippen LogP contribution in [0.1, 0.15) is 36.5 Å². The number of rotatable bonds is 7. The first kappa shape index (κ1) is 19.0. The van der Waals surface area contributed by atoms with E-state index in [-0.39, 0.29) is 12.5 Å². The largest absolute Gasteiger partial charge is 0.484 e. The van der Waals surface area contributed by atoms with E-state index < -0.39 is 0 Å². The smallest absolute Gasteiger partial charge is 0.277 e. The van der Waals surface area contributed by atoms with E-state index in [2.05, 4.69) is 40.5 Å². The Labute approximate surface area is 161 Å². The maximum Gasteiger partial charge on any atom is 0.277 e. The number of nitrogens with one attached hydrogen (secondary N) is 1. The fourth-order valence-electron chi connectivity index (χ4n) is 3.22. The first-order chi connectivity index (χ1) is 13.1. The summed E-state index contributed by atoms with van der Waals surface area (Å²) in [6.07, 6.45) is 5.11. The zero-order valence-electron chi connectivity index (χ0n) is 16.1. The second-order valence-electron chi connectivity index (χ2n) is 6.88. The van der Waals surface area contributed by atoms with Gasteiger partial charge in [0.2, 0.25) is 0 Å². The molecule has 0 aromatic heterocycles. The maximum absolute atomic E-state index is 11.9. The van der Waals surface area contributed by atoms with Crippen molar-refractivity contribution in [1.82, 2.24) is 5.43 Å². The summed E-state index contributed by atoms with van der Waals surface area (Å²) in [5, 5.41) is 4.01. The van der Waals surface area contributed by atoms with Gasteiger partial charge in [0.15, 0.2) is 6.61 Å². The lowest BCUT2D eigenvalue weighted by Crippen LogP contribution is -2.24. The van der Waals surface area contributed by atoms with Gasteiger partial charge in [-0.25, -0.2) is 5.43 Å². The number of aryl methyl sites for hydroxylation is 2. The Morgan fingerprint density at radius 2 is 1.93 bits per heavy atom. The predicted octanol–water partition coefficient (Wildman–Crippen LogP) is 3.69. The Bertz CT molecular complexity index is 794. The number of hydrogen-bond donors (Lipinski definition) is 1. The minimum absolute atomic E-state index is 0.0577. The van der Waals surface area contributed by atoms with Crippen LogP contribution in [0.5, 0.6) is 5.75 Å². The van der Waals surface area contributed by atoms with Crippen molar-refractivity contribution in [2.24, 2.45) is 5.10 Å². The molecule has 0 atom stereocenters. The molecule has 0 radical (unpaired) electrons. The van der Waals surface area contributed by atoms with E-state index in [1.54, 1.807) is 6.21 Å². The Morgan fingerprint density at radius 1 is 1.19 bits per heavy atom. The van der Waals surface area contributed by atoms with Crippen LogP contribution in [-0.4, -0.2) is 31.8 Å². The van der Waals surface area contributed by atoms with Crippen LogP contribution in [0.3, 0.4) is 0 Å². The summed E-state index contributed by atoms with van der Waals surface area (Å²) in [6.45, 7) is 6.31. The summed E-state index contributed by atoms with van der Waals surface area (Å²) in [5.41, 5.74) is 7.02. The third-order valence-corrected chi connectivity index (χ3v) is 4.66. The first-order valence-electron chi connectivity index (χ1n) is 9.54. The molecule has 1 aliphatic rings. The van der Waals surface area contributed by atoms with Crippen LogP contribution in [0.15, 0.2) is 47.6 Å². The number of carbonyl (C=O) groups is 1. The second-order valence-corrected chi connectivity index (χ2v) is 6.88. The van der Waals surface area contributed by atoms with Crippen molar-refractivity contribution in [3.8, 4) is 5.75 Å². The van der Waals surface area contributed by atoms with E-state index >= 15 is 0 Å². The SMILES string of the molecule is CCc1cc(C)cc(OCC(=O)N/N=C/c2ccc(N3CCCC3)cc2)c1. The summed E-state index contributed by atoms with van der Waals surface area (Å²) < 4.78 is 5.58. The van der Waals surface area contributed by atoms with E-state index in [0.717, 1.165) is 30.6 Å². The number of ether oxygens (including phenoxy) is 1. The molecule has 1 aliphatic heterocycles. The van der Waals surface area contributed by atoms with Crippen LogP contribution in [0.2, 0.25) is 0 Å². The van der Waals surface area contributed by atoms with Crippen LogP contribution in [0.25, 0.3) is 0 Å². The van der Waals surface area contributed by atoms with E-state index in [0.29, 0.717) is 5.75 Å². The Balaban J connectivity index is 1.46. The van der Waals surface area contributed by atoms with Gasteiger partial charge in [-0.15, -0.1) is 0 Å². The molecular weight excluding hydrogens is 338 g/mol. The standard InChI is InChI=1S/C22H27N3O2/c1-3-18-12-17(2)13-21(14-18)27-16-22(26)24-23-15-19-6-8-20(9-7-19)25-10-4-5-11-25/h6-9,12-15H,3-5,10-11,16H2,1-2H3,(H,24,26)/b23-15+. The Hall–Kier alpha value is -2.82. The highest BCUT2D eigenvalue weighted by Gasteiger charge is 2.11. The molecule has 1 N–H and O–H groups in total. The number of amides is 1. The molecule has 142 valence electrons. The molecule has 1 fully saturated rings. The van der Waals surface area contributed by atoms with Crippen molar-refractivity contribution >= 4 is 17.8 Å². The van der Waals surface area contributed by atoms with Gasteiger partial charge < -0.3 is 9.64 Å². The van der Waals surface area contributed by atoms with E-state index in [9.17, 15) is 4.79 Å². The van der Waals surface area contributed by atoms with Gasteiger partial charge in [0.1, 0.15) is 5.75 Å². The molecule has 0 saturated carbocycles. The van der Waals surface area contributed by atoms with E-state index in [1.165, 1.54) is 24.1 Å². The maximum atomic E-state index is 11.9. The van der Waals surface area contributed by atoms with Gasteiger partial charge in [-0.05, 0) is 67.1 Å². The number of benzene rings is 2. The van der Waals surface area contributed by atoms with Crippen LogP contribution >= 0.6 is 0 Å². The van der Waals surface area contributed by atoms with Gasteiger partial charge in [-0.2, -0.15) is 5.10 Å². The molecule has 2 aromatic rings. The van der Waals surface area contributed by atoms with Crippen LogP contribution in [0, 0.1) is 6.92 Å². The number of anilines is 1. The van der Waals surface area contributed by atoms with Crippen molar-refractivity contribution in [2.75, 3.05) is 24.6 Å². The van der Waals surface area contributed by atoms with Gasteiger partial charge in [0.25, 0.3) is 5.91 Å². The molecule has 5 nitrogen and oxygen atoms in total. The summed E-state index contributed by atoms with van der Waals surface area (Å²) in [4.78, 5) is 14.3. The molecule has 27 heavy (non-hydrogen) atoms. The monoisotopic (exact) mass is 365 g/mol. The minimum atomic E-state index is -0.278. The van der Waals surface area contributed by atoms with E-state index in [1.807, 2.05) is 31.2 Å². The van der Waals surface area contributed by atoms with Crippen LogP contribution < -0.4 is 15.1 Å². The summed E-state index contributed by atoms with van der Waals surface area (Å²) >= 11 is 0. The summed E-state index contributed by atoms with van der Waals surface area (Å²) in [5.74, 6) is 0.433. The van der Waals surface area contributed by atoms with Crippen molar-refractivity contribution < 1.29 is 9.53 Å². The normalized spacial score (nSPS) is 13.9. The molecule has 3 rings (SSSR count). The molecule has 2 aromatic carbocycles. The topological polar surface area (TPSA) is 53.9 Å². The van der Waals surface area contributed by atoms with Gasteiger partial charge in [-0.1, -0.05) is 25.1 Å². The molecule has 0 unspecified atom stereocenters. The number of nitrogens with zero attached hydrogens (tertiary/aromatic N) is 2. The highest BCUT2D eigenvalue weighted by Crippen LogP contribution is 2.20. The first-order valence-corrected chi connectivity index (χ1v) is 9.54. The second kappa shape index (κ2) is 9.21. The Morgan fingerprint density at radius 3 is 2.63 bits per heavy atom. The van der Waals surface area contributed by atoms with Gasteiger partial charge in [0.05, 0.1) is 6.21 Å². The number of carbonyl (C=O) groups excluding carboxylic acids is 1. The molecule has 1 saturated heterocycles. The zero-order valence-corrected chi connectivity index (χ0v) is 16.1. The van der Waals surface area contributed by atoms with E-state index in [4.69, 9.17) is 4.74 Å². The quantitative estimate of drug-likeness (QED) is 0.601. The third kappa shape index (κ3) is 5.58. The fraction of sp³-hybridized carbons (Fsp3) is 0.364. The molecule has 5 heteroatoms. The average Bonchev–Trinajstić information content (AvgIpc) is 3.21. The predicted molar refractivity (Wildman–Crippen MR) is 110 cm³/mol. The third-order valence-electron chi connectivity index (χ3n) is 4.66. The molecule has 1 amide bonds. The number of hydrogen-bond acceptors (Lipinski definition) is 4. The summed E-state index contributed by atoms with van der Waals surface area (Å²) in [6, 6.07) is 14.2. The molecule has 0 bridgehead atoms. The summed E-state index contributed by atoms with van der Waals surface area (Å²) in [7, 11) is 0. The van der Waals surface area contributed by atoms with Crippen molar-refractivity contribution in [2.45, 2.75) is 33.1 Å². The van der Waals surface area contributed by atoms with Gasteiger partial charge in [0, 0.05) is 18.8 Å². The molecule has 0 spiro atoms. The van der Waals surface area contributed by atoms with Crippen LogP contribution in [-0.2, 0) is 11.2 Å². The Kier molecular flexibility index (Phi) is 6.47. The van der Waals surface area contributed by atoms with Gasteiger partial charge in [-0.3, -0.25) is 4.79 Å². The fourth-order valence-corrected chi connectivity index (χ4v) is 3.22. The van der Waals surface area contributed by atoms with Gasteiger partial charge >= 0.3 is 0 Å². The highest BCUT2D eigenvalue weighted by molar-refractivity contribution is 5.83. The molecular formula is C22H27N3O2. The molecule has 0 aliphatic carbocycles. The zero-order chi connectivity index (χ0) is 19.1. The lowest BCUT2D eigenvalue weighted by Gasteiger charge is -2.17.